The van der Waals surface area contributed by atoms with Gasteiger partial charge in [-0.3, -0.25) is 9.78 Å². The van der Waals surface area contributed by atoms with E-state index in [9.17, 15) is 4.79 Å². The molecule has 0 aliphatic heterocycles. The first-order chi connectivity index (χ1) is 9.22. The Balaban J connectivity index is 0.000000218. The lowest BCUT2D eigenvalue weighted by atomic mass is 10.2. The number of esters is 1. The number of benzene rings is 1. The molecular formula is C15H18N2O2. The fourth-order valence-electron chi connectivity index (χ4n) is 1.22. The van der Waals surface area contributed by atoms with Crippen LogP contribution < -0.4 is 5.73 Å². The standard InChI is InChI=1S/C9H11NO2.C6H7N/c10-6-9(11)12-7-8-4-2-1-3-5-8;1-6-2-4-7-5-3-6/h1-5H,6-7,10H2;2-5H,1H3. The van der Waals surface area contributed by atoms with Gasteiger partial charge >= 0.3 is 5.97 Å². The van der Waals surface area contributed by atoms with Crippen molar-refractivity contribution in [3.05, 3.63) is 66.0 Å². The Morgan fingerprint density at radius 2 is 1.79 bits per heavy atom. The average Bonchev–Trinajstić information content (AvgIpc) is 2.47. The molecule has 0 atom stereocenters. The van der Waals surface area contributed by atoms with E-state index in [0.29, 0.717) is 6.61 Å². The molecule has 0 saturated heterocycles. The van der Waals surface area contributed by atoms with Gasteiger partial charge in [0.2, 0.25) is 0 Å². The van der Waals surface area contributed by atoms with Crippen molar-refractivity contribution in [2.75, 3.05) is 6.54 Å². The molecule has 100 valence electrons. The van der Waals surface area contributed by atoms with Gasteiger partial charge in [-0.15, -0.1) is 0 Å². The molecule has 4 heteroatoms. The van der Waals surface area contributed by atoms with Crippen molar-refractivity contribution in [3.63, 3.8) is 0 Å². The molecule has 19 heavy (non-hydrogen) atoms. The zero-order valence-electron chi connectivity index (χ0n) is 11.0. The lowest BCUT2D eigenvalue weighted by Gasteiger charge is -2.01. The highest BCUT2D eigenvalue weighted by Crippen LogP contribution is 1.99. The Kier molecular flexibility index (Phi) is 6.90. The van der Waals surface area contributed by atoms with Gasteiger partial charge in [0.05, 0.1) is 6.54 Å². The Morgan fingerprint density at radius 3 is 2.26 bits per heavy atom. The van der Waals surface area contributed by atoms with Crippen molar-refractivity contribution in [3.8, 4) is 0 Å². The van der Waals surface area contributed by atoms with Gasteiger partial charge in [0.15, 0.2) is 0 Å². The van der Waals surface area contributed by atoms with Crippen molar-refractivity contribution in [2.24, 2.45) is 5.73 Å². The monoisotopic (exact) mass is 258 g/mol. The lowest BCUT2D eigenvalue weighted by Crippen LogP contribution is -2.16. The maximum atomic E-state index is 10.6. The molecule has 0 spiro atoms. The van der Waals surface area contributed by atoms with E-state index in [1.165, 1.54) is 5.56 Å². The summed E-state index contributed by atoms with van der Waals surface area (Å²) < 4.78 is 4.81. The van der Waals surface area contributed by atoms with E-state index in [-0.39, 0.29) is 12.5 Å². The normalized spacial score (nSPS) is 9.16. The number of aromatic nitrogens is 1. The van der Waals surface area contributed by atoms with Crippen LogP contribution in [0.2, 0.25) is 0 Å². The van der Waals surface area contributed by atoms with Crippen LogP contribution in [0.1, 0.15) is 11.1 Å². The van der Waals surface area contributed by atoms with Crippen LogP contribution in [0.4, 0.5) is 0 Å². The van der Waals surface area contributed by atoms with E-state index in [2.05, 4.69) is 4.98 Å². The first-order valence-electron chi connectivity index (χ1n) is 5.98. The lowest BCUT2D eigenvalue weighted by molar-refractivity contribution is -0.143. The van der Waals surface area contributed by atoms with E-state index >= 15 is 0 Å². The summed E-state index contributed by atoms with van der Waals surface area (Å²) in [5.41, 5.74) is 7.29. The second-order valence-corrected chi connectivity index (χ2v) is 3.87. The largest absolute Gasteiger partial charge is 0.460 e. The third-order valence-corrected chi connectivity index (χ3v) is 2.26. The molecule has 0 fully saturated rings. The van der Waals surface area contributed by atoms with E-state index in [1.54, 1.807) is 12.4 Å². The van der Waals surface area contributed by atoms with E-state index in [1.807, 2.05) is 49.4 Å². The zero-order valence-corrected chi connectivity index (χ0v) is 11.0. The fraction of sp³-hybridized carbons (Fsp3) is 0.200. The number of carbonyl (C=O) groups excluding carboxylic acids is 1. The number of pyridine rings is 1. The number of ether oxygens (including phenoxy) is 1. The summed E-state index contributed by atoms with van der Waals surface area (Å²) >= 11 is 0. The van der Waals surface area contributed by atoms with E-state index < -0.39 is 0 Å². The smallest absolute Gasteiger partial charge is 0.320 e. The summed E-state index contributed by atoms with van der Waals surface area (Å²) in [6.45, 7) is 2.28. The second kappa shape index (κ2) is 8.83. The predicted molar refractivity (Wildman–Crippen MR) is 74.3 cm³/mol. The Bertz CT molecular complexity index is 472. The molecular weight excluding hydrogens is 240 g/mol. The van der Waals surface area contributed by atoms with Crippen LogP contribution >= 0.6 is 0 Å². The van der Waals surface area contributed by atoms with Gasteiger partial charge in [-0.2, -0.15) is 0 Å². The average molecular weight is 258 g/mol. The minimum absolute atomic E-state index is 0.0627. The molecule has 0 aliphatic rings. The summed E-state index contributed by atoms with van der Waals surface area (Å²) in [5.74, 6) is -0.376. The highest BCUT2D eigenvalue weighted by Gasteiger charge is 1.97. The molecule has 2 rings (SSSR count). The Hall–Kier alpha value is -2.20. The minimum atomic E-state index is -0.376. The maximum absolute atomic E-state index is 10.6. The van der Waals surface area contributed by atoms with Gasteiger partial charge < -0.3 is 10.5 Å². The molecule has 2 N–H and O–H groups in total. The highest BCUT2D eigenvalue weighted by atomic mass is 16.5. The van der Waals surface area contributed by atoms with Crippen molar-refractivity contribution in [1.29, 1.82) is 0 Å². The summed E-state index contributed by atoms with van der Waals surface area (Å²) in [5, 5.41) is 0. The van der Waals surface area contributed by atoms with Gasteiger partial charge in [-0.25, -0.2) is 0 Å². The quantitative estimate of drug-likeness (QED) is 0.856. The maximum Gasteiger partial charge on any atom is 0.320 e. The first-order valence-corrected chi connectivity index (χ1v) is 5.98. The molecule has 1 aromatic heterocycles. The number of nitrogens with two attached hydrogens (primary N) is 1. The number of hydrogen-bond donors (Lipinski definition) is 1. The number of rotatable bonds is 3. The number of hydrogen-bond acceptors (Lipinski definition) is 4. The second-order valence-electron chi connectivity index (χ2n) is 3.87. The first kappa shape index (κ1) is 14.9. The number of aryl methyl sites for hydroxylation is 1. The van der Waals surface area contributed by atoms with Crippen LogP contribution in [-0.4, -0.2) is 17.5 Å². The Morgan fingerprint density at radius 1 is 1.16 bits per heavy atom. The molecule has 0 saturated carbocycles. The summed E-state index contributed by atoms with van der Waals surface area (Å²) in [4.78, 5) is 14.5. The molecule has 1 aromatic carbocycles. The molecule has 4 nitrogen and oxygen atoms in total. The van der Waals surface area contributed by atoms with E-state index in [0.717, 1.165) is 5.56 Å². The van der Waals surface area contributed by atoms with Crippen LogP contribution in [0.3, 0.4) is 0 Å². The molecule has 0 aliphatic carbocycles. The highest BCUT2D eigenvalue weighted by molar-refractivity contribution is 5.71. The topological polar surface area (TPSA) is 65.2 Å². The fourth-order valence-corrected chi connectivity index (χ4v) is 1.22. The van der Waals surface area contributed by atoms with Crippen LogP contribution in [0.5, 0.6) is 0 Å². The Labute approximate surface area is 113 Å². The SMILES string of the molecule is Cc1ccncc1.NCC(=O)OCc1ccccc1. The van der Waals surface area contributed by atoms with Gasteiger partial charge in [0, 0.05) is 12.4 Å². The van der Waals surface area contributed by atoms with Gasteiger partial charge in [-0.05, 0) is 30.2 Å². The van der Waals surface area contributed by atoms with Gasteiger partial charge in [0.1, 0.15) is 6.61 Å². The molecule has 0 bridgehead atoms. The van der Waals surface area contributed by atoms with Gasteiger partial charge in [0.25, 0.3) is 0 Å². The molecule has 1 heterocycles. The van der Waals surface area contributed by atoms with Crippen molar-refractivity contribution in [2.45, 2.75) is 13.5 Å². The van der Waals surface area contributed by atoms with Gasteiger partial charge in [-0.1, -0.05) is 30.3 Å². The van der Waals surface area contributed by atoms with Crippen LogP contribution in [0.15, 0.2) is 54.9 Å². The summed E-state index contributed by atoms with van der Waals surface area (Å²) in [6, 6.07) is 13.4. The van der Waals surface area contributed by atoms with Crippen molar-refractivity contribution < 1.29 is 9.53 Å². The third kappa shape index (κ3) is 6.95. The molecule has 0 unspecified atom stereocenters. The van der Waals surface area contributed by atoms with Crippen molar-refractivity contribution >= 4 is 5.97 Å². The zero-order chi connectivity index (χ0) is 13.9. The van der Waals surface area contributed by atoms with Crippen molar-refractivity contribution in [1.82, 2.24) is 4.98 Å². The number of carbonyl (C=O) groups is 1. The van der Waals surface area contributed by atoms with Crippen LogP contribution in [-0.2, 0) is 16.1 Å². The van der Waals surface area contributed by atoms with Crippen LogP contribution in [0, 0.1) is 6.92 Å². The molecule has 2 aromatic rings. The minimum Gasteiger partial charge on any atom is -0.460 e. The number of nitrogens with zero attached hydrogens (tertiary/aromatic N) is 1. The summed E-state index contributed by atoms with van der Waals surface area (Å²) in [6.07, 6.45) is 3.57. The van der Waals surface area contributed by atoms with E-state index in [4.69, 9.17) is 10.5 Å². The van der Waals surface area contributed by atoms with Crippen LogP contribution in [0.25, 0.3) is 0 Å². The summed E-state index contributed by atoms with van der Waals surface area (Å²) in [7, 11) is 0. The predicted octanol–water partition coefficient (Wildman–Crippen LogP) is 2.08. The molecule has 0 radical (unpaired) electrons. The molecule has 0 amide bonds. The third-order valence-electron chi connectivity index (χ3n) is 2.26.